The molecule has 2 unspecified atom stereocenters. The molecule has 0 aliphatic carbocycles. The Morgan fingerprint density at radius 3 is 2.40 bits per heavy atom. The molecule has 1 aliphatic rings. The van der Waals surface area contributed by atoms with Crippen molar-refractivity contribution >= 4 is 11.9 Å². The molecule has 2 heterocycles. The molecule has 0 saturated carbocycles. The number of amides is 1. The number of halogens is 1. The van der Waals surface area contributed by atoms with Crippen LogP contribution in [0, 0.1) is 19.8 Å². The lowest BCUT2D eigenvalue weighted by molar-refractivity contribution is -0.153. The second-order valence-corrected chi connectivity index (χ2v) is 11.9. The number of alkyl halides is 1. The third kappa shape index (κ3) is 7.77. The molecule has 0 radical (unpaired) electrons. The number of hydrogen-bond donors (Lipinski definition) is 2. The van der Waals surface area contributed by atoms with Crippen molar-refractivity contribution in [3.8, 4) is 11.1 Å². The van der Waals surface area contributed by atoms with Crippen LogP contribution < -0.4 is 10.9 Å². The van der Waals surface area contributed by atoms with Crippen molar-refractivity contribution in [1.82, 2.24) is 14.8 Å². The minimum absolute atomic E-state index is 0.0273. The molecular weight excluding hydrogens is 549 g/mol. The number of ether oxygens (including phenoxy) is 1. The van der Waals surface area contributed by atoms with Crippen LogP contribution in [0.1, 0.15) is 61.9 Å². The summed E-state index contributed by atoms with van der Waals surface area (Å²) in [4.78, 5) is 41.7. The first-order valence-corrected chi connectivity index (χ1v) is 14.8. The number of benzene rings is 2. The van der Waals surface area contributed by atoms with E-state index in [0.29, 0.717) is 31.6 Å². The number of carbonyl (C=O) groups is 2. The van der Waals surface area contributed by atoms with Gasteiger partial charge in [0.05, 0.1) is 13.0 Å². The highest BCUT2D eigenvalue weighted by atomic mass is 19.1. The number of aryl methyl sites for hydroxylation is 2. The van der Waals surface area contributed by atoms with E-state index < -0.39 is 36.2 Å². The van der Waals surface area contributed by atoms with E-state index in [1.807, 2.05) is 56.9 Å². The summed E-state index contributed by atoms with van der Waals surface area (Å²) in [6.45, 7) is 10.8. The molecule has 1 fully saturated rings. The van der Waals surface area contributed by atoms with Crippen molar-refractivity contribution in [3.05, 3.63) is 93.4 Å². The topological polar surface area (TPSA) is 101 Å². The summed E-state index contributed by atoms with van der Waals surface area (Å²) in [5.41, 5.74) is 2.53. The predicted molar refractivity (Wildman–Crippen MR) is 164 cm³/mol. The molecular formula is C34H42FN3O5. The third-order valence-corrected chi connectivity index (χ3v) is 7.80. The normalized spacial score (nSPS) is 15.9. The molecule has 8 nitrogen and oxygen atoms in total. The van der Waals surface area contributed by atoms with Crippen molar-refractivity contribution in [2.45, 2.75) is 71.9 Å². The molecule has 4 rings (SSSR count). The van der Waals surface area contributed by atoms with Gasteiger partial charge in [0.2, 0.25) is 5.91 Å². The number of carbonyl (C=O) groups excluding carboxylic acids is 2. The van der Waals surface area contributed by atoms with E-state index in [0.717, 1.165) is 27.8 Å². The number of aliphatic hydroxyl groups is 1. The fourth-order valence-electron chi connectivity index (χ4n) is 5.70. The third-order valence-electron chi connectivity index (χ3n) is 7.80. The average molecular weight is 592 g/mol. The van der Waals surface area contributed by atoms with Gasteiger partial charge in [-0.25, -0.2) is 4.39 Å². The van der Waals surface area contributed by atoms with E-state index in [1.54, 1.807) is 37.4 Å². The van der Waals surface area contributed by atoms with Gasteiger partial charge in [0.25, 0.3) is 5.56 Å². The zero-order valence-corrected chi connectivity index (χ0v) is 25.6. The lowest BCUT2D eigenvalue weighted by Gasteiger charge is -2.34. The van der Waals surface area contributed by atoms with Crippen molar-refractivity contribution in [1.29, 1.82) is 0 Å². The molecule has 1 amide bonds. The maximum Gasteiger partial charge on any atom is 0.311 e. The van der Waals surface area contributed by atoms with Gasteiger partial charge in [-0.05, 0) is 67.0 Å². The highest BCUT2D eigenvalue weighted by Crippen LogP contribution is 2.32. The molecule has 1 aliphatic heterocycles. The van der Waals surface area contributed by atoms with Crippen LogP contribution in [-0.4, -0.2) is 52.3 Å². The van der Waals surface area contributed by atoms with E-state index in [9.17, 15) is 23.9 Å². The summed E-state index contributed by atoms with van der Waals surface area (Å²) in [5.74, 6) is -1.26. The Hall–Kier alpha value is -3.82. The summed E-state index contributed by atoms with van der Waals surface area (Å²) >= 11 is 0. The average Bonchev–Trinajstić information content (AvgIpc) is 2.92. The largest absolute Gasteiger partial charge is 0.466 e. The molecule has 1 saturated heterocycles. The van der Waals surface area contributed by atoms with Gasteiger partial charge in [-0.1, -0.05) is 56.3 Å². The van der Waals surface area contributed by atoms with Crippen molar-refractivity contribution in [2.75, 3.05) is 19.7 Å². The second kappa shape index (κ2) is 13.7. The molecule has 2 aromatic carbocycles. The van der Waals surface area contributed by atoms with Crippen LogP contribution in [0.5, 0.6) is 0 Å². The SMILES string of the molecule is CCOC(=O)CC(O)(NC(=O)C(CC(C)C)n1cc(CN2CC(F)C2)ccc1=O)c1cccc(-c2c(C)cccc2C)c1. The Balaban J connectivity index is 1.71. The van der Waals surface area contributed by atoms with E-state index >= 15 is 0 Å². The standard InChI is InChI=1S/C34H42FN3O5/c1-6-43-31(40)17-34(42,27-12-8-11-26(16-27)32-23(4)9-7-10-24(32)5)36-33(41)29(15-22(2)3)38-19-25(13-14-30(38)39)18-37-20-28(35)21-37/h7-14,16,19,22,28-29,42H,6,15,17-18,20-21H2,1-5H3,(H,36,41). The Labute approximate surface area is 252 Å². The first-order chi connectivity index (χ1) is 20.4. The van der Waals surface area contributed by atoms with Crippen LogP contribution in [0.2, 0.25) is 0 Å². The van der Waals surface area contributed by atoms with Crippen molar-refractivity contribution < 1.29 is 23.8 Å². The van der Waals surface area contributed by atoms with E-state index in [4.69, 9.17) is 4.74 Å². The van der Waals surface area contributed by atoms with E-state index in [1.165, 1.54) is 10.6 Å². The summed E-state index contributed by atoms with van der Waals surface area (Å²) < 4.78 is 19.9. The molecule has 0 spiro atoms. The van der Waals surface area contributed by atoms with E-state index in [2.05, 4.69) is 5.32 Å². The summed E-state index contributed by atoms with van der Waals surface area (Å²) in [7, 11) is 0. The number of esters is 1. The maximum absolute atomic E-state index is 14.0. The molecule has 2 N–H and O–H groups in total. The number of rotatable bonds is 12. The van der Waals surface area contributed by atoms with Crippen LogP contribution in [0.15, 0.2) is 65.6 Å². The van der Waals surface area contributed by atoms with Crippen molar-refractivity contribution in [2.24, 2.45) is 5.92 Å². The zero-order chi connectivity index (χ0) is 31.3. The van der Waals surface area contributed by atoms with Crippen LogP contribution in [0.4, 0.5) is 4.39 Å². The first kappa shape index (κ1) is 32.1. The summed E-state index contributed by atoms with van der Waals surface area (Å²) in [6.07, 6.45) is 0.567. The molecule has 230 valence electrons. The number of aromatic nitrogens is 1. The Kier molecular flexibility index (Phi) is 10.2. The van der Waals surface area contributed by atoms with Gasteiger partial charge in [0.15, 0.2) is 5.72 Å². The Bertz CT molecular complexity index is 1490. The van der Waals surface area contributed by atoms with Crippen LogP contribution in [0.25, 0.3) is 11.1 Å². The monoisotopic (exact) mass is 591 g/mol. The smallest absolute Gasteiger partial charge is 0.311 e. The molecule has 9 heteroatoms. The van der Waals surface area contributed by atoms with Gasteiger partial charge in [0, 0.05) is 37.5 Å². The van der Waals surface area contributed by atoms with Crippen molar-refractivity contribution in [3.63, 3.8) is 0 Å². The number of nitrogens with one attached hydrogen (secondary N) is 1. The fourth-order valence-corrected chi connectivity index (χ4v) is 5.70. The fraction of sp³-hybridized carbons (Fsp3) is 0.441. The number of hydrogen-bond acceptors (Lipinski definition) is 6. The summed E-state index contributed by atoms with van der Waals surface area (Å²) in [6, 6.07) is 15.2. The quantitative estimate of drug-likeness (QED) is 0.232. The van der Waals surface area contributed by atoms with Gasteiger partial charge in [0.1, 0.15) is 12.2 Å². The molecule has 3 aromatic rings. The predicted octanol–water partition coefficient (Wildman–Crippen LogP) is 4.79. The lowest BCUT2D eigenvalue weighted by atomic mass is 9.91. The molecule has 43 heavy (non-hydrogen) atoms. The van der Waals surface area contributed by atoms with Gasteiger partial charge in [-0.15, -0.1) is 0 Å². The molecule has 1 aromatic heterocycles. The number of nitrogens with zero attached hydrogens (tertiary/aromatic N) is 2. The van der Waals surface area contributed by atoms with Gasteiger partial charge < -0.3 is 19.7 Å². The van der Waals surface area contributed by atoms with Gasteiger partial charge in [-0.2, -0.15) is 0 Å². The number of likely N-dealkylation sites (tertiary alicyclic amines) is 1. The second-order valence-electron chi connectivity index (χ2n) is 11.9. The van der Waals surface area contributed by atoms with Crippen LogP contribution in [-0.2, 0) is 26.6 Å². The molecule has 2 atom stereocenters. The summed E-state index contributed by atoms with van der Waals surface area (Å²) in [5, 5.41) is 14.8. The van der Waals surface area contributed by atoms with Gasteiger partial charge in [-0.3, -0.25) is 19.3 Å². The zero-order valence-electron chi connectivity index (χ0n) is 25.6. The lowest BCUT2D eigenvalue weighted by Crippen LogP contribution is -2.51. The van der Waals surface area contributed by atoms with Crippen LogP contribution in [0.3, 0.4) is 0 Å². The van der Waals surface area contributed by atoms with Gasteiger partial charge >= 0.3 is 5.97 Å². The highest BCUT2D eigenvalue weighted by molar-refractivity contribution is 5.82. The first-order valence-electron chi connectivity index (χ1n) is 14.8. The Morgan fingerprint density at radius 2 is 1.77 bits per heavy atom. The minimum Gasteiger partial charge on any atom is -0.466 e. The van der Waals surface area contributed by atoms with E-state index in [-0.39, 0.29) is 18.1 Å². The number of pyridine rings is 1. The van der Waals surface area contributed by atoms with Crippen LogP contribution >= 0.6 is 0 Å². The minimum atomic E-state index is -2.11. The molecule has 0 bridgehead atoms. The Morgan fingerprint density at radius 1 is 1.09 bits per heavy atom. The highest BCUT2D eigenvalue weighted by Gasteiger charge is 2.38. The maximum atomic E-state index is 14.0.